The fourth-order valence-electron chi connectivity index (χ4n) is 2.25. The van der Waals surface area contributed by atoms with E-state index >= 15 is 0 Å². The number of nitrogens with two attached hydrogens (primary N) is 1. The molecule has 0 bridgehead atoms. The predicted octanol–water partition coefficient (Wildman–Crippen LogP) is 3.53. The molecule has 18 heavy (non-hydrogen) atoms. The maximum absolute atomic E-state index is 12.3. The van der Waals surface area contributed by atoms with Crippen molar-refractivity contribution in [2.24, 2.45) is 11.7 Å². The summed E-state index contributed by atoms with van der Waals surface area (Å²) in [6.07, 6.45) is 2.82. The molecule has 1 aromatic rings. The van der Waals surface area contributed by atoms with Crippen LogP contribution in [0, 0.1) is 5.92 Å². The van der Waals surface area contributed by atoms with E-state index in [-0.39, 0.29) is 23.2 Å². The number of hydrogen-bond donors (Lipinski definition) is 1. The van der Waals surface area contributed by atoms with Crippen molar-refractivity contribution in [3.05, 3.63) is 34.9 Å². The van der Waals surface area contributed by atoms with Crippen molar-refractivity contribution in [2.45, 2.75) is 44.6 Å². The Kier molecular flexibility index (Phi) is 3.79. The lowest BCUT2D eigenvalue weighted by Crippen LogP contribution is -2.29. The molecule has 0 heterocycles. The highest BCUT2D eigenvalue weighted by molar-refractivity contribution is 6.30. The first-order chi connectivity index (χ1) is 8.41. The molecular weight excluding hydrogens is 246 g/mol. The summed E-state index contributed by atoms with van der Waals surface area (Å²) in [6, 6.07) is 7.57. The van der Waals surface area contributed by atoms with Gasteiger partial charge < -0.3 is 5.73 Å². The number of rotatable bonds is 5. The molecule has 1 aromatic carbocycles. The Bertz CT molecular complexity index is 434. The molecule has 1 unspecified atom stereocenters. The fraction of sp³-hybridized carbons (Fsp3) is 0.533. The molecule has 0 aliphatic heterocycles. The molecule has 2 rings (SSSR count). The number of carbonyl (C=O) groups excluding carboxylic acids is 1. The van der Waals surface area contributed by atoms with Crippen LogP contribution in [0.25, 0.3) is 0 Å². The molecule has 1 aliphatic carbocycles. The lowest BCUT2D eigenvalue weighted by molar-refractivity contribution is -0.123. The first-order valence-corrected chi connectivity index (χ1v) is 6.87. The van der Waals surface area contributed by atoms with Crippen LogP contribution in [0.1, 0.15) is 44.6 Å². The third-order valence-electron chi connectivity index (χ3n) is 3.69. The van der Waals surface area contributed by atoms with E-state index in [0.29, 0.717) is 5.02 Å². The van der Waals surface area contributed by atoms with Gasteiger partial charge in [0, 0.05) is 22.4 Å². The lowest BCUT2D eigenvalue weighted by Gasteiger charge is -2.21. The van der Waals surface area contributed by atoms with Gasteiger partial charge in [0.1, 0.15) is 5.78 Å². The Morgan fingerprint density at radius 1 is 1.33 bits per heavy atom. The number of benzene rings is 1. The van der Waals surface area contributed by atoms with Gasteiger partial charge in [0.05, 0.1) is 0 Å². The number of carbonyl (C=O) groups is 1. The van der Waals surface area contributed by atoms with Crippen molar-refractivity contribution in [1.29, 1.82) is 0 Å². The van der Waals surface area contributed by atoms with Crippen LogP contribution < -0.4 is 5.73 Å². The summed E-state index contributed by atoms with van der Waals surface area (Å²) >= 11 is 5.89. The van der Waals surface area contributed by atoms with Crippen molar-refractivity contribution in [3.63, 3.8) is 0 Å². The predicted molar refractivity (Wildman–Crippen MR) is 74.8 cm³/mol. The Morgan fingerprint density at radius 2 is 1.89 bits per heavy atom. The van der Waals surface area contributed by atoms with E-state index in [1.165, 1.54) is 0 Å². The molecule has 3 heteroatoms. The summed E-state index contributed by atoms with van der Waals surface area (Å²) in [7, 11) is 0. The van der Waals surface area contributed by atoms with Crippen LogP contribution in [-0.2, 0) is 4.79 Å². The fourth-order valence-corrected chi connectivity index (χ4v) is 2.38. The zero-order valence-electron chi connectivity index (χ0n) is 10.9. The molecule has 0 saturated heterocycles. The van der Waals surface area contributed by atoms with Crippen molar-refractivity contribution in [2.75, 3.05) is 0 Å². The van der Waals surface area contributed by atoms with Gasteiger partial charge in [-0.05, 0) is 37.0 Å². The molecule has 0 radical (unpaired) electrons. The third-order valence-corrected chi connectivity index (χ3v) is 3.94. The number of ketones is 1. The van der Waals surface area contributed by atoms with Gasteiger partial charge in [-0.2, -0.15) is 0 Å². The molecule has 1 saturated carbocycles. The second-order valence-corrected chi connectivity index (χ2v) is 6.16. The summed E-state index contributed by atoms with van der Waals surface area (Å²) in [6.45, 7) is 3.89. The molecule has 2 N–H and O–H groups in total. The number of hydrogen-bond acceptors (Lipinski definition) is 2. The zero-order valence-corrected chi connectivity index (χ0v) is 11.7. The van der Waals surface area contributed by atoms with Gasteiger partial charge in [-0.25, -0.2) is 0 Å². The Balaban J connectivity index is 2.23. The first-order valence-electron chi connectivity index (χ1n) is 6.49. The van der Waals surface area contributed by atoms with Gasteiger partial charge in [0.15, 0.2) is 0 Å². The zero-order chi connectivity index (χ0) is 13.3. The molecule has 98 valence electrons. The number of Topliss-reactive ketones (excluding diaryl/α,β-unsaturated/α-hetero) is 1. The highest BCUT2D eigenvalue weighted by Gasteiger charge is 2.42. The number of halogens is 1. The minimum atomic E-state index is -0.116. The first kappa shape index (κ1) is 13.6. The molecular formula is C15H20ClNO. The third kappa shape index (κ3) is 3.12. The standard InChI is InChI=1S/C15H20ClNO/c1-10(2)14(18)13(9-15(17)7-8-15)11-3-5-12(16)6-4-11/h3-6,10,13H,7-9,17H2,1-2H3. The van der Waals surface area contributed by atoms with Crippen LogP contribution >= 0.6 is 11.6 Å². The van der Waals surface area contributed by atoms with Crippen molar-refractivity contribution in [3.8, 4) is 0 Å². The average molecular weight is 266 g/mol. The maximum Gasteiger partial charge on any atom is 0.142 e. The lowest BCUT2D eigenvalue weighted by atomic mass is 9.83. The van der Waals surface area contributed by atoms with Crippen LogP contribution in [0.5, 0.6) is 0 Å². The highest BCUT2D eigenvalue weighted by atomic mass is 35.5. The molecule has 1 atom stereocenters. The smallest absolute Gasteiger partial charge is 0.142 e. The molecule has 0 amide bonds. The van der Waals surface area contributed by atoms with Crippen molar-refractivity contribution >= 4 is 17.4 Å². The van der Waals surface area contributed by atoms with Crippen LogP contribution in [0.3, 0.4) is 0 Å². The summed E-state index contributed by atoms with van der Waals surface area (Å²) in [5.41, 5.74) is 7.10. The normalized spacial score (nSPS) is 18.7. The second-order valence-electron chi connectivity index (χ2n) is 5.73. The van der Waals surface area contributed by atoms with Crippen molar-refractivity contribution in [1.82, 2.24) is 0 Å². The van der Waals surface area contributed by atoms with E-state index in [4.69, 9.17) is 17.3 Å². The minimum Gasteiger partial charge on any atom is -0.325 e. The Morgan fingerprint density at radius 3 is 2.33 bits per heavy atom. The summed E-state index contributed by atoms with van der Waals surface area (Å²) in [4.78, 5) is 12.3. The van der Waals surface area contributed by atoms with E-state index in [0.717, 1.165) is 24.8 Å². The SMILES string of the molecule is CC(C)C(=O)C(CC1(N)CC1)c1ccc(Cl)cc1. The highest BCUT2D eigenvalue weighted by Crippen LogP contribution is 2.42. The van der Waals surface area contributed by atoms with E-state index in [1.807, 2.05) is 38.1 Å². The average Bonchev–Trinajstić information content (AvgIpc) is 3.05. The monoisotopic (exact) mass is 265 g/mol. The summed E-state index contributed by atoms with van der Waals surface area (Å²) in [5.74, 6) is 0.219. The second kappa shape index (κ2) is 5.02. The van der Waals surface area contributed by atoms with Crippen LogP contribution in [0.15, 0.2) is 24.3 Å². The summed E-state index contributed by atoms with van der Waals surface area (Å²) in [5, 5.41) is 0.698. The van der Waals surface area contributed by atoms with Crippen LogP contribution in [0.2, 0.25) is 5.02 Å². The van der Waals surface area contributed by atoms with Gasteiger partial charge in [0.25, 0.3) is 0 Å². The maximum atomic E-state index is 12.3. The van der Waals surface area contributed by atoms with E-state index in [9.17, 15) is 4.79 Å². The van der Waals surface area contributed by atoms with Gasteiger partial charge in [0.2, 0.25) is 0 Å². The quantitative estimate of drug-likeness (QED) is 0.885. The van der Waals surface area contributed by atoms with Gasteiger partial charge in [-0.15, -0.1) is 0 Å². The van der Waals surface area contributed by atoms with Gasteiger partial charge in [-0.1, -0.05) is 37.6 Å². The van der Waals surface area contributed by atoms with Gasteiger partial charge in [-0.3, -0.25) is 4.79 Å². The molecule has 0 aromatic heterocycles. The minimum absolute atomic E-state index is 0.0352. The molecule has 1 aliphatic rings. The van der Waals surface area contributed by atoms with Crippen LogP contribution in [0.4, 0.5) is 0 Å². The Hall–Kier alpha value is -0.860. The summed E-state index contributed by atoms with van der Waals surface area (Å²) < 4.78 is 0. The van der Waals surface area contributed by atoms with E-state index in [1.54, 1.807) is 0 Å². The largest absolute Gasteiger partial charge is 0.325 e. The van der Waals surface area contributed by atoms with Crippen LogP contribution in [-0.4, -0.2) is 11.3 Å². The Labute approximate surface area is 114 Å². The molecule has 0 spiro atoms. The van der Waals surface area contributed by atoms with E-state index in [2.05, 4.69) is 0 Å². The molecule has 1 fully saturated rings. The van der Waals surface area contributed by atoms with Gasteiger partial charge >= 0.3 is 0 Å². The topological polar surface area (TPSA) is 43.1 Å². The van der Waals surface area contributed by atoms with Crippen molar-refractivity contribution < 1.29 is 4.79 Å². The molecule has 2 nitrogen and oxygen atoms in total. The van der Waals surface area contributed by atoms with E-state index < -0.39 is 0 Å².